The number of nitrogens with one attached hydrogen (secondary N) is 1. The fraction of sp³-hybridized carbons (Fsp3) is 0.588. The number of halogens is 1. The van der Waals surface area contributed by atoms with Crippen LogP contribution in [-0.2, 0) is 4.74 Å². The Morgan fingerprint density at radius 3 is 2.92 bits per heavy atom. The molecule has 1 saturated carbocycles. The van der Waals surface area contributed by atoms with Gasteiger partial charge in [0.1, 0.15) is 5.69 Å². The molecule has 9 heteroatoms. The van der Waals surface area contributed by atoms with Gasteiger partial charge in [-0.3, -0.25) is 0 Å². The molecule has 1 aliphatic carbocycles. The molecule has 2 fully saturated rings. The minimum Gasteiger partial charge on any atom is -0.487 e. The van der Waals surface area contributed by atoms with Gasteiger partial charge in [0.2, 0.25) is 5.95 Å². The van der Waals surface area contributed by atoms with E-state index in [9.17, 15) is 4.39 Å². The number of hydrogen-bond donors (Lipinski definition) is 2. The van der Waals surface area contributed by atoms with Crippen molar-refractivity contribution in [2.75, 3.05) is 30.9 Å². The molecule has 2 aliphatic rings. The molecule has 1 atom stereocenters. The summed E-state index contributed by atoms with van der Waals surface area (Å²) in [5, 5.41) is 7.78. The van der Waals surface area contributed by atoms with Crippen molar-refractivity contribution in [1.29, 1.82) is 0 Å². The van der Waals surface area contributed by atoms with Crippen molar-refractivity contribution in [1.82, 2.24) is 19.7 Å². The van der Waals surface area contributed by atoms with Crippen LogP contribution < -0.4 is 15.8 Å². The van der Waals surface area contributed by atoms with Crippen LogP contribution in [0.4, 0.5) is 22.0 Å². The predicted molar refractivity (Wildman–Crippen MR) is 94.0 cm³/mol. The summed E-state index contributed by atoms with van der Waals surface area (Å²) in [5.74, 6) is 1.13. The van der Waals surface area contributed by atoms with Crippen LogP contribution >= 0.6 is 0 Å². The van der Waals surface area contributed by atoms with Gasteiger partial charge in [-0.2, -0.15) is 10.1 Å². The fourth-order valence-corrected chi connectivity index (χ4v) is 3.18. The first-order chi connectivity index (χ1) is 12.6. The van der Waals surface area contributed by atoms with E-state index in [1.54, 1.807) is 0 Å². The highest BCUT2D eigenvalue weighted by Gasteiger charge is 2.28. The van der Waals surface area contributed by atoms with Gasteiger partial charge in [0.25, 0.3) is 0 Å². The molecular weight excluding hydrogens is 339 g/mol. The van der Waals surface area contributed by atoms with E-state index in [0.717, 1.165) is 44.4 Å². The number of rotatable bonds is 6. The summed E-state index contributed by atoms with van der Waals surface area (Å²) in [5.41, 5.74) is 6.36. The smallest absolute Gasteiger partial charge is 0.230 e. The summed E-state index contributed by atoms with van der Waals surface area (Å²) >= 11 is 0. The summed E-state index contributed by atoms with van der Waals surface area (Å²) in [6, 6.07) is 0.321. The third kappa shape index (κ3) is 3.31. The Morgan fingerprint density at radius 1 is 1.42 bits per heavy atom. The predicted octanol–water partition coefficient (Wildman–Crippen LogP) is 2.59. The Morgan fingerprint density at radius 2 is 2.27 bits per heavy atom. The zero-order chi connectivity index (χ0) is 18.1. The van der Waals surface area contributed by atoms with Crippen molar-refractivity contribution in [2.45, 2.75) is 38.6 Å². The molecule has 0 radical (unpaired) electrons. The van der Waals surface area contributed by atoms with Gasteiger partial charge in [-0.1, -0.05) is 0 Å². The number of anilines is 3. The summed E-state index contributed by atoms with van der Waals surface area (Å²) in [6.45, 7) is 3.98. The van der Waals surface area contributed by atoms with Crippen LogP contribution in [-0.4, -0.2) is 39.6 Å². The number of nitrogens with two attached hydrogens (primary N) is 1. The van der Waals surface area contributed by atoms with E-state index in [-0.39, 0.29) is 11.8 Å². The standard InChI is InChI=1S/C17H23FN6O2/c1-10-14(26-9-11-5-6-25-8-11)16(24(23-10)12-3-2-4-12)22-17-20-7-13(18)15(19)21-17/h7,11-12H,2-6,8-9H2,1H3,(H3,19,20,21,22). The quantitative estimate of drug-likeness (QED) is 0.814. The average Bonchev–Trinajstić information content (AvgIpc) is 3.17. The minimum atomic E-state index is -0.642. The maximum absolute atomic E-state index is 13.4. The van der Waals surface area contributed by atoms with Crippen molar-refractivity contribution in [3.8, 4) is 5.75 Å². The summed E-state index contributed by atoms with van der Waals surface area (Å²) in [4.78, 5) is 7.94. The molecule has 1 unspecified atom stereocenters. The molecule has 3 heterocycles. The topological polar surface area (TPSA) is 100 Å². The van der Waals surface area contributed by atoms with Crippen LogP contribution in [0.2, 0.25) is 0 Å². The maximum Gasteiger partial charge on any atom is 0.230 e. The fourth-order valence-electron chi connectivity index (χ4n) is 3.18. The highest BCUT2D eigenvalue weighted by atomic mass is 19.1. The largest absolute Gasteiger partial charge is 0.487 e. The molecular formula is C17H23FN6O2. The Bertz CT molecular complexity index is 786. The second kappa shape index (κ2) is 7.06. The molecule has 0 spiro atoms. The number of ether oxygens (including phenoxy) is 2. The zero-order valence-corrected chi connectivity index (χ0v) is 14.7. The molecule has 2 aromatic heterocycles. The Balaban J connectivity index is 1.61. The normalized spacial score (nSPS) is 20.2. The van der Waals surface area contributed by atoms with Crippen molar-refractivity contribution >= 4 is 17.6 Å². The Labute approximate surface area is 150 Å². The van der Waals surface area contributed by atoms with Crippen molar-refractivity contribution in [3.05, 3.63) is 17.7 Å². The number of aryl methyl sites for hydroxylation is 1. The molecule has 26 heavy (non-hydrogen) atoms. The second-order valence-electron chi connectivity index (χ2n) is 6.88. The van der Waals surface area contributed by atoms with E-state index in [1.807, 2.05) is 11.6 Å². The van der Waals surface area contributed by atoms with Crippen LogP contribution in [0.1, 0.15) is 37.4 Å². The van der Waals surface area contributed by atoms with Crippen LogP contribution in [0.3, 0.4) is 0 Å². The summed E-state index contributed by atoms with van der Waals surface area (Å²) < 4.78 is 26.8. The van der Waals surface area contributed by atoms with Crippen molar-refractivity contribution in [2.24, 2.45) is 5.92 Å². The molecule has 140 valence electrons. The van der Waals surface area contributed by atoms with Crippen LogP contribution in [0.25, 0.3) is 0 Å². The lowest BCUT2D eigenvalue weighted by Crippen LogP contribution is -2.20. The summed E-state index contributed by atoms with van der Waals surface area (Å²) in [6.07, 6.45) is 5.36. The van der Waals surface area contributed by atoms with Crippen molar-refractivity contribution < 1.29 is 13.9 Å². The summed E-state index contributed by atoms with van der Waals surface area (Å²) in [7, 11) is 0. The molecule has 0 aromatic carbocycles. The third-order valence-electron chi connectivity index (χ3n) is 4.94. The van der Waals surface area contributed by atoms with Gasteiger partial charge in [-0.05, 0) is 32.6 Å². The first-order valence-electron chi connectivity index (χ1n) is 8.96. The highest BCUT2D eigenvalue weighted by Crippen LogP contribution is 2.40. The number of aromatic nitrogens is 4. The van der Waals surface area contributed by atoms with E-state index in [2.05, 4.69) is 20.4 Å². The number of hydrogen-bond acceptors (Lipinski definition) is 7. The minimum absolute atomic E-state index is 0.195. The van der Waals surface area contributed by atoms with Gasteiger partial charge in [-0.15, -0.1) is 0 Å². The van der Waals surface area contributed by atoms with E-state index >= 15 is 0 Å². The Kier molecular flexibility index (Phi) is 4.62. The van der Waals surface area contributed by atoms with E-state index in [0.29, 0.717) is 30.1 Å². The number of nitrogen functional groups attached to an aromatic ring is 1. The van der Waals surface area contributed by atoms with Gasteiger partial charge in [0.15, 0.2) is 23.2 Å². The van der Waals surface area contributed by atoms with Crippen LogP contribution in [0.5, 0.6) is 5.75 Å². The van der Waals surface area contributed by atoms with Gasteiger partial charge in [-0.25, -0.2) is 14.1 Å². The molecule has 0 bridgehead atoms. The molecule has 2 aromatic rings. The molecule has 4 rings (SSSR count). The molecule has 1 saturated heterocycles. The third-order valence-corrected chi connectivity index (χ3v) is 4.94. The van der Waals surface area contributed by atoms with Crippen LogP contribution in [0, 0.1) is 18.7 Å². The zero-order valence-electron chi connectivity index (χ0n) is 14.7. The van der Waals surface area contributed by atoms with Gasteiger partial charge >= 0.3 is 0 Å². The van der Waals surface area contributed by atoms with Gasteiger partial charge in [0, 0.05) is 12.5 Å². The van der Waals surface area contributed by atoms with E-state index < -0.39 is 5.82 Å². The molecule has 1 aliphatic heterocycles. The second-order valence-corrected chi connectivity index (χ2v) is 6.88. The Hall–Kier alpha value is -2.42. The lowest BCUT2D eigenvalue weighted by atomic mass is 9.93. The van der Waals surface area contributed by atoms with Crippen LogP contribution in [0.15, 0.2) is 6.20 Å². The first kappa shape index (κ1) is 17.0. The highest BCUT2D eigenvalue weighted by molar-refractivity contribution is 5.61. The SMILES string of the molecule is Cc1nn(C2CCC2)c(Nc2ncc(F)c(N)n2)c1OCC1CCOC1. The lowest BCUT2D eigenvalue weighted by molar-refractivity contribution is 0.167. The first-order valence-corrected chi connectivity index (χ1v) is 8.96. The van der Waals surface area contributed by atoms with E-state index in [1.165, 1.54) is 6.42 Å². The molecule has 0 amide bonds. The van der Waals surface area contributed by atoms with Gasteiger partial charge in [0.05, 0.1) is 25.5 Å². The molecule has 8 nitrogen and oxygen atoms in total. The maximum atomic E-state index is 13.4. The monoisotopic (exact) mass is 362 g/mol. The van der Waals surface area contributed by atoms with Crippen molar-refractivity contribution in [3.63, 3.8) is 0 Å². The van der Waals surface area contributed by atoms with E-state index in [4.69, 9.17) is 15.2 Å². The number of nitrogens with zero attached hydrogens (tertiary/aromatic N) is 4. The van der Waals surface area contributed by atoms with Gasteiger partial charge < -0.3 is 20.5 Å². The average molecular weight is 362 g/mol. The molecule has 3 N–H and O–H groups in total. The lowest BCUT2D eigenvalue weighted by Gasteiger charge is -2.27.